The Hall–Kier alpha value is -1.76. The molecule has 1 heteroatoms. The van der Waals surface area contributed by atoms with Crippen LogP contribution >= 0.6 is 0 Å². The van der Waals surface area contributed by atoms with Crippen molar-refractivity contribution in [2.24, 2.45) is 0 Å². The molecule has 0 radical (unpaired) electrons. The predicted molar refractivity (Wildman–Crippen MR) is 63.2 cm³/mol. The average Bonchev–Trinajstić information content (AvgIpc) is 2.30. The van der Waals surface area contributed by atoms with Gasteiger partial charge in [0.25, 0.3) is 0 Å². The number of hydrogen-bond donors (Lipinski definition) is 0. The highest BCUT2D eigenvalue weighted by Gasteiger charge is 2.04. The Bertz CT molecular complexity index is 446. The topological polar surface area (TPSA) is 9.23 Å². The van der Waals surface area contributed by atoms with E-state index in [-0.39, 0.29) is 0 Å². The molecule has 0 heterocycles. The second-order valence-electron chi connectivity index (χ2n) is 3.57. The summed E-state index contributed by atoms with van der Waals surface area (Å²) in [7, 11) is 1.71. The smallest absolute Gasteiger partial charge is 0.126 e. The fraction of sp³-hybridized carbons (Fsp3) is 0.143. The summed E-state index contributed by atoms with van der Waals surface area (Å²) in [5.41, 5.74) is 3.59. The number of methoxy groups -OCH3 is 1. The Morgan fingerprint density at radius 1 is 0.933 bits per heavy atom. The van der Waals surface area contributed by atoms with E-state index in [9.17, 15) is 0 Å². The van der Waals surface area contributed by atoms with Gasteiger partial charge in [-0.3, -0.25) is 0 Å². The van der Waals surface area contributed by atoms with E-state index in [1.54, 1.807) is 7.11 Å². The molecule has 0 aliphatic heterocycles. The Balaban J connectivity index is 2.56. The first-order chi connectivity index (χ1) is 7.31. The highest BCUT2D eigenvalue weighted by molar-refractivity contribution is 5.71. The third kappa shape index (κ3) is 2.01. The van der Waals surface area contributed by atoms with E-state index in [0.717, 1.165) is 11.3 Å². The van der Waals surface area contributed by atoms with Crippen LogP contribution in [0.4, 0.5) is 0 Å². The van der Waals surface area contributed by atoms with Crippen molar-refractivity contribution in [3.8, 4) is 16.9 Å². The van der Waals surface area contributed by atoms with Crippen LogP contribution in [0.1, 0.15) is 5.56 Å². The largest absolute Gasteiger partial charge is 0.496 e. The van der Waals surface area contributed by atoms with Crippen LogP contribution in [-0.4, -0.2) is 7.11 Å². The summed E-state index contributed by atoms with van der Waals surface area (Å²) in [6.07, 6.45) is 0. The molecule has 0 aliphatic rings. The molecule has 0 atom stereocenters. The molecule has 0 saturated carbocycles. The molecule has 2 aromatic rings. The van der Waals surface area contributed by atoms with Crippen molar-refractivity contribution in [1.82, 2.24) is 0 Å². The molecule has 1 nitrogen and oxygen atoms in total. The quantitative estimate of drug-likeness (QED) is 0.715. The number of benzene rings is 2. The van der Waals surface area contributed by atoms with Crippen molar-refractivity contribution in [3.63, 3.8) is 0 Å². The molecule has 0 bridgehead atoms. The third-order valence-electron chi connectivity index (χ3n) is 2.44. The van der Waals surface area contributed by atoms with Crippen LogP contribution in [0, 0.1) is 6.92 Å². The number of aryl methyl sites for hydroxylation is 1. The van der Waals surface area contributed by atoms with Gasteiger partial charge in [0.1, 0.15) is 5.75 Å². The molecule has 2 aromatic carbocycles. The fourth-order valence-corrected chi connectivity index (χ4v) is 1.67. The fourth-order valence-electron chi connectivity index (χ4n) is 1.67. The predicted octanol–water partition coefficient (Wildman–Crippen LogP) is 3.67. The van der Waals surface area contributed by atoms with E-state index in [0.29, 0.717) is 0 Å². The van der Waals surface area contributed by atoms with Crippen LogP contribution in [-0.2, 0) is 0 Å². The van der Waals surface area contributed by atoms with Gasteiger partial charge >= 0.3 is 0 Å². The molecule has 0 unspecified atom stereocenters. The van der Waals surface area contributed by atoms with Gasteiger partial charge in [-0.15, -0.1) is 0 Å². The maximum absolute atomic E-state index is 5.35. The van der Waals surface area contributed by atoms with Gasteiger partial charge in [-0.1, -0.05) is 42.0 Å². The number of ether oxygens (including phenoxy) is 1. The van der Waals surface area contributed by atoms with E-state index in [1.165, 1.54) is 11.1 Å². The SMILES string of the molecule is COc1ccc(C)cc1-c1ccccc1. The van der Waals surface area contributed by atoms with Crippen molar-refractivity contribution in [1.29, 1.82) is 0 Å². The summed E-state index contributed by atoms with van der Waals surface area (Å²) >= 11 is 0. The van der Waals surface area contributed by atoms with E-state index >= 15 is 0 Å². The molecule has 0 aromatic heterocycles. The van der Waals surface area contributed by atoms with Gasteiger partial charge in [-0.05, 0) is 24.6 Å². The van der Waals surface area contributed by atoms with Crippen molar-refractivity contribution in [2.75, 3.05) is 7.11 Å². The van der Waals surface area contributed by atoms with Crippen molar-refractivity contribution >= 4 is 0 Å². The highest BCUT2D eigenvalue weighted by Crippen LogP contribution is 2.30. The van der Waals surface area contributed by atoms with Gasteiger partial charge in [0.05, 0.1) is 7.11 Å². The lowest BCUT2D eigenvalue weighted by molar-refractivity contribution is 0.416. The first-order valence-electron chi connectivity index (χ1n) is 5.01. The lowest BCUT2D eigenvalue weighted by Gasteiger charge is -2.09. The van der Waals surface area contributed by atoms with Crippen LogP contribution in [0.15, 0.2) is 48.5 Å². The van der Waals surface area contributed by atoms with Crippen LogP contribution in [0.3, 0.4) is 0 Å². The summed E-state index contributed by atoms with van der Waals surface area (Å²) in [6, 6.07) is 16.5. The normalized spacial score (nSPS) is 10.0. The minimum atomic E-state index is 0.923. The Kier molecular flexibility index (Phi) is 2.72. The van der Waals surface area contributed by atoms with Gasteiger partial charge in [0, 0.05) is 5.56 Å². The zero-order chi connectivity index (χ0) is 10.7. The van der Waals surface area contributed by atoms with Gasteiger partial charge in [-0.25, -0.2) is 0 Å². The van der Waals surface area contributed by atoms with Crippen molar-refractivity contribution in [3.05, 3.63) is 54.1 Å². The third-order valence-corrected chi connectivity index (χ3v) is 2.44. The standard InChI is InChI=1S/C14H14O/c1-11-8-9-14(15-2)13(10-11)12-6-4-3-5-7-12/h3-10H,1-2H3. The van der Waals surface area contributed by atoms with E-state index in [2.05, 4.69) is 31.2 Å². The van der Waals surface area contributed by atoms with E-state index in [4.69, 9.17) is 4.74 Å². The zero-order valence-corrected chi connectivity index (χ0v) is 9.03. The molecule has 0 fully saturated rings. The summed E-state index contributed by atoms with van der Waals surface area (Å²) < 4.78 is 5.35. The molecule has 0 aliphatic carbocycles. The van der Waals surface area contributed by atoms with Crippen LogP contribution < -0.4 is 4.74 Å². The molecule has 0 N–H and O–H groups in total. The van der Waals surface area contributed by atoms with Crippen molar-refractivity contribution in [2.45, 2.75) is 6.92 Å². The summed E-state index contributed by atoms with van der Waals surface area (Å²) in [5, 5.41) is 0. The maximum Gasteiger partial charge on any atom is 0.126 e. The summed E-state index contributed by atoms with van der Waals surface area (Å²) in [6.45, 7) is 2.09. The van der Waals surface area contributed by atoms with Gasteiger partial charge in [-0.2, -0.15) is 0 Å². The van der Waals surface area contributed by atoms with E-state index < -0.39 is 0 Å². The second-order valence-corrected chi connectivity index (χ2v) is 3.57. The zero-order valence-electron chi connectivity index (χ0n) is 9.03. The molecule has 15 heavy (non-hydrogen) atoms. The minimum Gasteiger partial charge on any atom is -0.496 e. The van der Waals surface area contributed by atoms with Gasteiger partial charge in [0.15, 0.2) is 0 Å². The maximum atomic E-state index is 5.35. The van der Waals surface area contributed by atoms with E-state index in [1.807, 2.05) is 24.3 Å². The molecular weight excluding hydrogens is 184 g/mol. The van der Waals surface area contributed by atoms with Gasteiger partial charge < -0.3 is 4.74 Å². The Morgan fingerprint density at radius 3 is 2.33 bits per heavy atom. The molecule has 0 saturated heterocycles. The molecular formula is C14H14O. The number of rotatable bonds is 2. The number of hydrogen-bond acceptors (Lipinski definition) is 1. The average molecular weight is 198 g/mol. The monoisotopic (exact) mass is 198 g/mol. The first kappa shape index (κ1) is 9.78. The Morgan fingerprint density at radius 2 is 1.67 bits per heavy atom. The molecule has 2 rings (SSSR count). The van der Waals surface area contributed by atoms with Crippen LogP contribution in [0.5, 0.6) is 5.75 Å². The molecule has 0 spiro atoms. The first-order valence-corrected chi connectivity index (χ1v) is 5.01. The second kappa shape index (κ2) is 4.18. The Labute approximate surface area is 90.3 Å². The lowest BCUT2D eigenvalue weighted by atomic mass is 10.0. The molecule has 76 valence electrons. The van der Waals surface area contributed by atoms with Gasteiger partial charge in [0.2, 0.25) is 0 Å². The lowest BCUT2D eigenvalue weighted by Crippen LogP contribution is -1.88. The molecule has 0 amide bonds. The van der Waals surface area contributed by atoms with Crippen molar-refractivity contribution < 1.29 is 4.74 Å². The summed E-state index contributed by atoms with van der Waals surface area (Å²) in [5.74, 6) is 0.923. The highest BCUT2D eigenvalue weighted by atomic mass is 16.5. The minimum absolute atomic E-state index is 0.923. The summed E-state index contributed by atoms with van der Waals surface area (Å²) in [4.78, 5) is 0. The van der Waals surface area contributed by atoms with Crippen LogP contribution in [0.2, 0.25) is 0 Å². The van der Waals surface area contributed by atoms with Crippen LogP contribution in [0.25, 0.3) is 11.1 Å².